The lowest BCUT2D eigenvalue weighted by Gasteiger charge is -2.16. The number of nitrogens with one attached hydrogen (secondary N) is 2. The molecule has 2 heterocycles. The first kappa shape index (κ1) is 16.7. The van der Waals surface area contributed by atoms with Crippen LogP contribution in [0.1, 0.15) is 17.8 Å². The van der Waals surface area contributed by atoms with Crippen molar-refractivity contribution in [2.45, 2.75) is 26.8 Å². The first-order valence-electron chi connectivity index (χ1n) is 7.50. The molecular formula is C15H23N7O. The lowest BCUT2D eigenvalue weighted by atomic mass is 10.4. The number of carbonyl (C=O) groups excluding carboxylic acids is 1. The molecule has 0 spiro atoms. The summed E-state index contributed by atoms with van der Waals surface area (Å²) in [6.07, 6.45) is 3.84. The quantitative estimate of drug-likeness (QED) is 0.790. The zero-order valence-electron chi connectivity index (χ0n) is 14.0. The van der Waals surface area contributed by atoms with E-state index in [1.807, 2.05) is 43.6 Å². The highest BCUT2D eigenvalue weighted by molar-refractivity contribution is 5.92. The van der Waals surface area contributed by atoms with E-state index in [1.165, 1.54) is 6.33 Å². The zero-order valence-corrected chi connectivity index (χ0v) is 14.0. The molecule has 8 nitrogen and oxygen atoms in total. The van der Waals surface area contributed by atoms with Crippen molar-refractivity contribution in [3.63, 3.8) is 0 Å². The summed E-state index contributed by atoms with van der Waals surface area (Å²) in [4.78, 5) is 21.8. The standard InChI is InChI=1S/C15H23N7O/c1-11-8-12(2)22(20-11)7-5-6-17-15(23)19-13-9-16-10-18-14(13)21(3)4/h8-10H,5-7H2,1-4H3,(H2,17,19,23). The SMILES string of the molecule is Cc1cc(C)n(CCCNC(=O)Nc2cncnc2N(C)C)n1. The van der Waals surface area contributed by atoms with E-state index in [-0.39, 0.29) is 6.03 Å². The molecule has 0 saturated heterocycles. The van der Waals surface area contributed by atoms with Gasteiger partial charge in [-0.05, 0) is 26.3 Å². The Morgan fingerprint density at radius 2 is 2.13 bits per heavy atom. The number of rotatable bonds is 6. The lowest BCUT2D eigenvalue weighted by molar-refractivity contribution is 0.251. The maximum atomic E-state index is 12.0. The van der Waals surface area contributed by atoms with Crippen molar-refractivity contribution in [1.82, 2.24) is 25.1 Å². The highest BCUT2D eigenvalue weighted by Crippen LogP contribution is 2.18. The Labute approximate surface area is 135 Å². The highest BCUT2D eigenvalue weighted by atomic mass is 16.2. The van der Waals surface area contributed by atoms with Crippen LogP contribution in [0.25, 0.3) is 0 Å². The number of anilines is 2. The fraction of sp³-hybridized carbons (Fsp3) is 0.467. The average molecular weight is 317 g/mol. The molecular weight excluding hydrogens is 294 g/mol. The summed E-state index contributed by atoms with van der Waals surface area (Å²) >= 11 is 0. The smallest absolute Gasteiger partial charge is 0.319 e. The van der Waals surface area contributed by atoms with Gasteiger partial charge >= 0.3 is 6.03 Å². The van der Waals surface area contributed by atoms with Gasteiger partial charge in [0.1, 0.15) is 12.0 Å². The van der Waals surface area contributed by atoms with Gasteiger partial charge in [-0.3, -0.25) is 4.68 Å². The van der Waals surface area contributed by atoms with Gasteiger partial charge < -0.3 is 15.5 Å². The second kappa shape index (κ2) is 7.57. The van der Waals surface area contributed by atoms with E-state index >= 15 is 0 Å². The van der Waals surface area contributed by atoms with Crippen LogP contribution >= 0.6 is 0 Å². The van der Waals surface area contributed by atoms with Crippen LogP contribution in [0.15, 0.2) is 18.6 Å². The first-order valence-corrected chi connectivity index (χ1v) is 7.50. The molecule has 8 heteroatoms. The van der Waals surface area contributed by atoms with Crippen LogP contribution in [0.5, 0.6) is 0 Å². The molecule has 2 N–H and O–H groups in total. The zero-order chi connectivity index (χ0) is 16.8. The number of nitrogens with zero attached hydrogens (tertiary/aromatic N) is 5. The number of aryl methyl sites for hydroxylation is 3. The van der Waals surface area contributed by atoms with Gasteiger partial charge in [-0.25, -0.2) is 14.8 Å². The van der Waals surface area contributed by atoms with Crippen molar-refractivity contribution in [2.75, 3.05) is 30.9 Å². The van der Waals surface area contributed by atoms with E-state index in [2.05, 4.69) is 25.7 Å². The highest BCUT2D eigenvalue weighted by Gasteiger charge is 2.09. The monoisotopic (exact) mass is 317 g/mol. The number of carbonyl (C=O) groups is 1. The average Bonchev–Trinajstić information content (AvgIpc) is 2.82. The van der Waals surface area contributed by atoms with Crippen molar-refractivity contribution < 1.29 is 4.79 Å². The fourth-order valence-corrected chi connectivity index (χ4v) is 2.27. The van der Waals surface area contributed by atoms with Gasteiger partial charge in [-0.2, -0.15) is 5.10 Å². The summed E-state index contributed by atoms with van der Waals surface area (Å²) in [5.41, 5.74) is 2.71. The third-order valence-electron chi connectivity index (χ3n) is 3.30. The molecule has 2 rings (SSSR count). The van der Waals surface area contributed by atoms with Gasteiger partial charge in [0.2, 0.25) is 0 Å². The molecule has 2 aromatic rings. The third kappa shape index (κ3) is 4.67. The van der Waals surface area contributed by atoms with E-state index in [0.717, 1.165) is 24.4 Å². The summed E-state index contributed by atoms with van der Waals surface area (Å²) < 4.78 is 1.95. The molecule has 0 unspecified atom stereocenters. The number of hydrogen-bond acceptors (Lipinski definition) is 5. The molecule has 0 aliphatic heterocycles. The second-order valence-electron chi connectivity index (χ2n) is 5.54. The van der Waals surface area contributed by atoms with Crippen LogP contribution in [-0.4, -0.2) is 46.4 Å². The van der Waals surface area contributed by atoms with Crippen molar-refractivity contribution in [3.05, 3.63) is 30.0 Å². The normalized spacial score (nSPS) is 10.4. The summed E-state index contributed by atoms with van der Waals surface area (Å²) in [7, 11) is 3.72. The van der Waals surface area contributed by atoms with Gasteiger partial charge in [-0.1, -0.05) is 0 Å². The summed E-state index contributed by atoms with van der Waals surface area (Å²) in [5, 5.41) is 9.99. The molecule has 23 heavy (non-hydrogen) atoms. The van der Waals surface area contributed by atoms with Gasteiger partial charge in [0.05, 0.1) is 11.9 Å². The predicted octanol–water partition coefficient (Wildman–Crippen LogP) is 1.57. The number of aromatic nitrogens is 4. The molecule has 0 radical (unpaired) electrons. The van der Waals surface area contributed by atoms with Crippen molar-refractivity contribution >= 4 is 17.5 Å². The summed E-state index contributed by atoms with van der Waals surface area (Å²) in [5.74, 6) is 0.665. The Morgan fingerprint density at radius 3 is 2.78 bits per heavy atom. The third-order valence-corrected chi connectivity index (χ3v) is 3.30. The van der Waals surface area contributed by atoms with Gasteiger partial charge in [0, 0.05) is 32.9 Å². The van der Waals surface area contributed by atoms with Crippen LogP contribution in [0.2, 0.25) is 0 Å². The molecule has 0 bridgehead atoms. The maximum absolute atomic E-state index is 12.0. The second-order valence-corrected chi connectivity index (χ2v) is 5.54. The molecule has 0 aliphatic rings. The minimum absolute atomic E-state index is 0.267. The Hall–Kier alpha value is -2.64. The Balaban J connectivity index is 1.78. The van der Waals surface area contributed by atoms with Gasteiger partial charge in [-0.15, -0.1) is 0 Å². The molecule has 2 aromatic heterocycles. The lowest BCUT2D eigenvalue weighted by Crippen LogP contribution is -2.31. The Morgan fingerprint density at radius 1 is 1.35 bits per heavy atom. The molecule has 2 amide bonds. The summed E-state index contributed by atoms with van der Waals surface area (Å²) in [6.45, 7) is 5.34. The van der Waals surface area contributed by atoms with Crippen molar-refractivity contribution in [3.8, 4) is 0 Å². The minimum atomic E-state index is -0.267. The number of amides is 2. The molecule has 0 fully saturated rings. The molecule has 124 valence electrons. The number of urea groups is 1. The van der Waals surface area contributed by atoms with Gasteiger partial charge in [0.15, 0.2) is 5.82 Å². The van der Waals surface area contributed by atoms with Gasteiger partial charge in [0.25, 0.3) is 0 Å². The maximum Gasteiger partial charge on any atom is 0.319 e. The van der Waals surface area contributed by atoms with Crippen LogP contribution in [0.4, 0.5) is 16.3 Å². The molecule has 0 saturated carbocycles. The van der Waals surface area contributed by atoms with Crippen LogP contribution in [-0.2, 0) is 6.54 Å². The van der Waals surface area contributed by atoms with E-state index in [0.29, 0.717) is 18.1 Å². The summed E-state index contributed by atoms with van der Waals surface area (Å²) in [6, 6.07) is 1.77. The topological polar surface area (TPSA) is 88.0 Å². The van der Waals surface area contributed by atoms with Crippen LogP contribution in [0, 0.1) is 13.8 Å². The Bertz CT molecular complexity index is 666. The molecule has 0 atom stereocenters. The first-order chi connectivity index (χ1) is 11.0. The van der Waals surface area contributed by atoms with E-state index in [1.54, 1.807) is 6.20 Å². The van der Waals surface area contributed by atoms with E-state index < -0.39 is 0 Å². The van der Waals surface area contributed by atoms with Crippen LogP contribution in [0.3, 0.4) is 0 Å². The van der Waals surface area contributed by atoms with E-state index in [4.69, 9.17) is 0 Å². The minimum Gasteiger partial charge on any atom is -0.361 e. The predicted molar refractivity (Wildman–Crippen MR) is 89.7 cm³/mol. The fourth-order valence-electron chi connectivity index (χ4n) is 2.27. The van der Waals surface area contributed by atoms with Crippen molar-refractivity contribution in [2.24, 2.45) is 0 Å². The largest absolute Gasteiger partial charge is 0.361 e. The van der Waals surface area contributed by atoms with E-state index in [9.17, 15) is 4.79 Å². The molecule has 0 aromatic carbocycles. The molecule has 0 aliphatic carbocycles. The van der Waals surface area contributed by atoms with Crippen LogP contribution < -0.4 is 15.5 Å². The number of hydrogen-bond donors (Lipinski definition) is 2. The Kier molecular flexibility index (Phi) is 5.51. The van der Waals surface area contributed by atoms with Crippen molar-refractivity contribution in [1.29, 1.82) is 0 Å².